The molecular weight excluding hydrogens is 246 g/mol. The first kappa shape index (κ1) is 13.0. The third kappa shape index (κ3) is 5.12. The van der Waals surface area contributed by atoms with Crippen LogP contribution in [0.5, 0.6) is 0 Å². The summed E-state index contributed by atoms with van der Waals surface area (Å²) in [6.45, 7) is 1.01. The van der Waals surface area contributed by atoms with E-state index in [1.807, 2.05) is 18.2 Å². The Morgan fingerprint density at radius 2 is 2.38 bits per heavy atom. The van der Waals surface area contributed by atoms with Crippen LogP contribution in [0.4, 0.5) is 0 Å². The first-order valence-electron chi connectivity index (χ1n) is 4.81. The van der Waals surface area contributed by atoms with Crippen LogP contribution in [0.2, 0.25) is 4.34 Å². The number of amides is 1. The van der Waals surface area contributed by atoms with Crippen molar-refractivity contribution in [1.29, 1.82) is 5.26 Å². The highest BCUT2D eigenvalue weighted by Gasteiger charge is 2.00. The minimum atomic E-state index is -0.161. The summed E-state index contributed by atoms with van der Waals surface area (Å²) < 4.78 is 0.779. The molecule has 0 aliphatic heterocycles. The lowest BCUT2D eigenvalue weighted by Gasteiger charge is -2.02. The molecule has 0 radical (unpaired) electrons. The molecule has 0 unspecified atom stereocenters. The van der Waals surface area contributed by atoms with E-state index in [4.69, 9.17) is 16.9 Å². The van der Waals surface area contributed by atoms with Crippen molar-refractivity contribution in [3.05, 3.63) is 21.3 Å². The van der Waals surface area contributed by atoms with Gasteiger partial charge in [-0.1, -0.05) is 11.6 Å². The van der Waals surface area contributed by atoms with Crippen LogP contribution in [-0.4, -0.2) is 25.5 Å². The van der Waals surface area contributed by atoms with Gasteiger partial charge in [-0.25, -0.2) is 0 Å². The van der Waals surface area contributed by atoms with Crippen LogP contribution >= 0.6 is 22.9 Å². The van der Waals surface area contributed by atoms with Gasteiger partial charge in [-0.15, -0.1) is 11.3 Å². The lowest BCUT2D eigenvalue weighted by atomic mass is 10.3. The molecule has 0 bridgehead atoms. The Bertz CT molecular complexity index is 386. The van der Waals surface area contributed by atoms with Crippen LogP contribution in [0.15, 0.2) is 12.1 Å². The van der Waals surface area contributed by atoms with Crippen molar-refractivity contribution in [1.82, 2.24) is 10.6 Å². The Hall–Kier alpha value is -1.09. The lowest BCUT2D eigenvalue weighted by molar-refractivity contribution is -0.120. The molecule has 0 fully saturated rings. The first-order chi connectivity index (χ1) is 7.72. The lowest BCUT2D eigenvalue weighted by Crippen LogP contribution is -2.34. The standard InChI is InChI=1S/C10H12ClN3OS/c11-9-2-1-8(16-9)3-5-13-7-10(15)14-6-4-12/h1-2,13H,3,5-7H2,(H,14,15). The smallest absolute Gasteiger partial charge is 0.234 e. The number of halogens is 1. The average Bonchev–Trinajstić information content (AvgIpc) is 2.67. The van der Waals surface area contributed by atoms with Crippen molar-refractivity contribution in [3.63, 3.8) is 0 Å². The van der Waals surface area contributed by atoms with Gasteiger partial charge in [-0.2, -0.15) is 5.26 Å². The third-order valence-corrected chi connectivity index (χ3v) is 3.12. The van der Waals surface area contributed by atoms with E-state index in [0.29, 0.717) is 0 Å². The Kier molecular flexibility index (Phi) is 5.86. The molecule has 1 aromatic heterocycles. The van der Waals surface area contributed by atoms with E-state index < -0.39 is 0 Å². The molecule has 0 saturated carbocycles. The summed E-state index contributed by atoms with van der Waals surface area (Å²) in [7, 11) is 0. The molecule has 6 heteroatoms. The molecule has 1 rings (SSSR count). The predicted octanol–water partition coefficient (Wildman–Crippen LogP) is 1.17. The van der Waals surface area contributed by atoms with Gasteiger partial charge in [-0.05, 0) is 18.6 Å². The van der Waals surface area contributed by atoms with E-state index in [-0.39, 0.29) is 19.0 Å². The van der Waals surface area contributed by atoms with Crippen molar-refractivity contribution in [3.8, 4) is 6.07 Å². The fourth-order valence-electron chi connectivity index (χ4n) is 1.10. The number of hydrogen-bond acceptors (Lipinski definition) is 4. The Morgan fingerprint density at radius 3 is 3.00 bits per heavy atom. The van der Waals surface area contributed by atoms with E-state index >= 15 is 0 Å². The summed E-state index contributed by atoms with van der Waals surface area (Å²) >= 11 is 7.33. The number of rotatable bonds is 6. The average molecular weight is 258 g/mol. The highest BCUT2D eigenvalue weighted by Crippen LogP contribution is 2.21. The van der Waals surface area contributed by atoms with Crippen molar-refractivity contribution >= 4 is 28.8 Å². The largest absolute Gasteiger partial charge is 0.342 e. The molecule has 0 saturated heterocycles. The van der Waals surface area contributed by atoms with Gasteiger partial charge in [-0.3, -0.25) is 4.79 Å². The number of carbonyl (C=O) groups is 1. The highest BCUT2D eigenvalue weighted by molar-refractivity contribution is 7.16. The summed E-state index contributed by atoms with van der Waals surface area (Å²) in [5.41, 5.74) is 0. The maximum absolute atomic E-state index is 11.1. The van der Waals surface area contributed by atoms with Crippen LogP contribution in [0.3, 0.4) is 0 Å². The molecule has 0 aromatic carbocycles. The van der Waals surface area contributed by atoms with Crippen LogP contribution < -0.4 is 10.6 Å². The monoisotopic (exact) mass is 257 g/mol. The zero-order valence-corrected chi connectivity index (χ0v) is 10.2. The molecular formula is C10H12ClN3OS. The van der Waals surface area contributed by atoms with Crippen LogP contribution in [-0.2, 0) is 11.2 Å². The Labute approximate surface area is 103 Å². The predicted molar refractivity (Wildman–Crippen MR) is 64.5 cm³/mol. The molecule has 1 aromatic rings. The summed E-state index contributed by atoms with van der Waals surface area (Å²) in [5.74, 6) is -0.161. The molecule has 0 atom stereocenters. The minimum Gasteiger partial charge on any atom is -0.342 e. The summed E-state index contributed by atoms with van der Waals surface area (Å²) in [6.07, 6.45) is 0.850. The number of nitrogens with zero attached hydrogens (tertiary/aromatic N) is 1. The van der Waals surface area contributed by atoms with Gasteiger partial charge in [0.1, 0.15) is 6.54 Å². The first-order valence-corrected chi connectivity index (χ1v) is 6.00. The maximum atomic E-state index is 11.1. The third-order valence-electron chi connectivity index (χ3n) is 1.83. The number of carbonyl (C=O) groups excluding carboxylic acids is 1. The minimum absolute atomic E-state index is 0.0566. The summed E-state index contributed by atoms with van der Waals surface area (Å²) in [6, 6.07) is 5.68. The van der Waals surface area contributed by atoms with E-state index in [1.54, 1.807) is 11.3 Å². The topological polar surface area (TPSA) is 64.9 Å². The quantitative estimate of drug-likeness (QED) is 0.594. The molecule has 0 spiro atoms. The number of hydrogen-bond donors (Lipinski definition) is 2. The molecule has 1 heterocycles. The molecule has 1 amide bonds. The van der Waals surface area contributed by atoms with E-state index in [0.717, 1.165) is 17.3 Å². The van der Waals surface area contributed by atoms with Crippen LogP contribution in [0, 0.1) is 11.3 Å². The van der Waals surface area contributed by atoms with Gasteiger partial charge in [0.15, 0.2) is 0 Å². The molecule has 86 valence electrons. The van der Waals surface area contributed by atoms with Crippen LogP contribution in [0.1, 0.15) is 4.88 Å². The second-order valence-corrected chi connectivity index (χ2v) is 4.87. The van der Waals surface area contributed by atoms with Gasteiger partial charge in [0.2, 0.25) is 5.91 Å². The summed E-state index contributed by atoms with van der Waals surface area (Å²) in [5, 5.41) is 13.7. The second-order valence-electron chi connectivity index (χ2n) is 3.07. The maximum Gasteiger partial charge on any atom is 0.234 e. The number of thiophene rings is 1. The van der Waals surface area contributed by atoms with Gasteiger partial charge >= 0.3 is 0 Å². The van der Waals surface area contributed by atoms with E-state index in [9.17, 15) is 4.79 Å². The van der Waals surface area contributed by atoms with Gasteiger partial charge in [0.25, 0.3) is 0 Å². The number of nitrogens with one attached hydrogen (secondary N) is 2. The second kappa shape index (κ2) is 7.23. The van der Waals surface area contributed by atoms with E-state index in [2.05, 4.69) is 10.6 Å². The van der Waals surface area contributed by atoms with Gasteiger partial charge in [0.05, 0.1) is 17.0 Å². The Balaban J connectivity index is 2.08. The molecule has 4 nitrogen and oxygen atoms in total. The fraction of sp³-hybridized carbons (Fsp3) is 0.400. The molecule has 0 aliphatic carbocycles. The fourth-order valence-corrected chi connectivity index (χ4v) is 2.19. The van der Waals surface area contributed by atoms with Gasteiger partial charge < -0.3 is 10.6 Å². The SMILES string of the molecule is N#CCNC(=O)CNCCc1ccc(Cl)s1. The van der Waals surface area contributed by atoms with Crippen molar-refractivity contribution in [2.45, 2.75) is 6.42 Å². The zero-order valence-electron chi connectivity index (χ0n) is 8.62. The van der Waals surface area contributed by atoms with Crippen molar-refractivity contribution in [2.24, 2.45) is 0 Å². The van der Waals surface area contributed by atoms with E-state index in [1.165, 1.54) is 4.88 Å². The molecule has 2 N–H and O–H groups in total. The van der Waals surface area contributed by atoms with Crippen molar-refractivity contribution < 1.29 is 4.79 Å². The summed E-state index contributed by atoms with van der Waals surface area (Å²) in [4.78, 5) is 12.3. The van der Waals surface area contributed by atoms with Gasteiger partial charge in [0, 0.05) is 11.4 Å². The number of nitriles is 1. The van der Waals surface area contributed by atoms with Crippen LogP contribution in [0.25, 0.3) is 0 Å². The molecule has 0 aliphatic rings. The highest BCUT2D eigenvalue weighted by atomic mass is 35.5. The molecule has 16 heavy (non-hydrogen) atoms. The van der Waals surface area contributed by atoms with Crippen molar-refractivity contribution in [2.75, 3.05) is 19.6 Å². The Morgan fingerprint density at radius 1 is 1.56 bits per heavy atom. The zero-order chi connectivity index (χ0) is 11.8. The normalized spacial score (nSPS) is 9.75.